The molecule has 0 aliphatic heterocycles. The Morgan fingerprint density at radius 3 is 2.50 bits per heavy atom. The van der Waals surface area contributed by atoms with Gasteiger partial charge in [0.2, 0.25) is 0 Å². The van der Waals surface area contributed by atoms with E-state index in [1.165, 1.54) is 39.0 Å². The number of benzene rings is 2. The van der Waals surface area contributed by atoms with E-state index in [2.05, 4.69) is 15.2 Å². The van der Waals surface area contributed by atoms with Gasteiger partial charge in [-0.1, -0.05) is 37.3 Å². The molecule has 0 radical (unpaired) electrons. The molecule has 4 rings (SSSR count). The van der Waals surface area contributed by atoms with E-state index >= 15 is 0 Å². The molecule has 2 aromatic carbocycles. The van der Waals surface area contributed by atoms with Crippen molar-refractivity contribution in [2.75, 3.05) is 0 Å². The largest absolute Gasteiger partial charge is 0.383 e. The summed E-state index contributed by atoms with van der Waals surface area (Å²) < 4.78 is 32.2. The number of aryl methyl sites for hydroxylation is 1. The average Bonchev–Trinajstić information content (AvgIpc) is 3.44. The summed E-state index contributed by atoms with van der Waals surface area (Å²) in [6, 6.07) is 10.4. The lowest BCUT2D eigenvalue weighted by Gasteiger charge is -2.34. The first-order valence-corrected chi connectivity index (χ1v) is 10.7. The Hall–Kier alpha value is -3.92. The molecular weight excluding hydrogens is 442 g/mol. The van der Waals surface area contributed by atoms with Crippen LogP contribution >= 0.6 is 0 Å². The van der Waals surface area contributed by atoms with E-state index in [0.717, 1.165) is 17.7 Å². The third-order valence-corrected chi connectivity index (χ3v) is 5.84. The fourth-order valence-electron chi connectivity index (χ4n) is 3.79. The van der Waals surface area contributed by atoms with Gasteiger partial charge in [0.1, 0.15) is 36.2 Å². The third kappa shape index (κ3) is 4.72. The van der Waals surface area contributed by atoms with E-state index in [4.69, 9.17) is 0 Å². The Balaban J connectivity index is 1.53. The molecule has 176 valence electrons. The Bertz CT molecular complexity index is 1340. The van der Waals surface area contributed by atoms with Crippen LogP contribution < -0.4 is 5.69 Å². The van der Waals surface area contributed by atoms with Crippen molar-refractivity contribution in [3.63, 3.8) is 0 Å². The molecule has 0 saturated heterocycles. The molecule has 0 aliphatic rings. The van der Waals surface area contributed by atoms with Crippen LogP contribution in [0.2, 0.25) is 0 Å². The highest BCUT2D eigenvalue weighted by Crippen LogP contribution is 2.35. The fourth-order valence-corrected chi connectivity index (χ4v) is 3.79. The second-order valence-electron chi connectivity index (χ2n) is 8.21. The molecule has 8 nitrogen and oxygen atoms in total. The molecule has 0 bridgehead atoms. The second kappa shape index (κ2) is 9.52. The van der Waals surface area contributed by atoms with Crippen LogP contribution in [0, 0.1) is 17.6 Å². The first-order chi connectivity index (χ1) is 16.3. The molecule has 0 saturated carbocycles. The quantitative estimate of drug-likeness (QED) is 0.431. The van der Waals surface area contributed by atoms with Gasteiger partial charge in [0.15, 0.2) is 0 Å². The Morgan fingerprint density at radius 2 is 1.88 bits per heavy atom. The zero-order valence-corrected chi connectivity index (χ0v) is 18.7. The van der Waals surface area contributed by atoms with Gasteiger partial charge in [-0.3, -0.25) is 4.57 Å². The van der Waals surface area contributed by atoms with Crippen molar-refractivity contribution in [3.8, 4) is 5.69 Å². The molecule has 10 heteroatoms. The molecule has 0 fully saturated rings. The molecular formula is C24H24F2N6O2. The highest BCUT2D eigenvalue weighted by molar-refractivity contribution is 5.51. The van der Waals surface area contributed by atoms with Gasteiger partial charge in [-0.25, -0.2) is 23.2 Å². The van der Waals surface area contributed by atoms with Crippen LogP contribution in [-0.2, 0) is 19.2 Å². The van der Waals surface area contributed by atoms with E-state index < -0.39 is 23.2 Å². The summed E-state index contributed by atoms with van der Waals surface area (Å²) in [5.41, 5.74) is -0.370. The van der Waals surface area contributed by atoms with Gasteiger partial charge >= 0.3 is 5.69 Å². The normalized spacial score (nSPS) is 14.4. The highest BCUT2D eigenvalue weighted by atomic mass is 19.1. The monoisotopic (exact) mass is 466 g/mol. The zero-order chi connectivity index (χ0) is 24.3. The van der Waals surface area contributed by atoms with E-state index in [1.54, 1.807) is 26.1 Å². The maximum Gasteiger partial charge on any atom is 0.350 e. The Morgan fingerprint density at radius 1 is 1.12 bits per heavy atom. The van der Waals surface area contributed by atoms with Crippen molar-refractivity contribution in [1.29, 1.82) is 0 Å². The summed E-state index contributed by atoms with van der Waals surface area (Å²) in [5, 5.41) is 19.6. The van der Waals surface area contributed by atoms with Crippen LogP contribution in [0.25, 0.3) is 11.8 Å². The van der Waals surface area contributed by atoms with Crippen molar-refractivity contribution in [2.24, 2.45) is 13.0 Å². The van der Waals surface area contributed by atoms with Crippen molar-refractivity contribution >= 4 is 6.08 Å². The van der Waals surface area contributed by atoms with Crippen LogP contribution in [-0.4, -0.2) is 34.2 Å². The number of halogens is 2. The predicted molar refractivity (Wildman–Crippen MR) is 122 cm³/mol. The van der Waals surface area contributed by atoms with Crippen LogP contribution in [0.5, 0.6) is 0 Å². The van der Waals surface area contributed by atoms with Gasteiger partial charge < -0.3 is 5.11 Å². The molecule has 34 heavy (non-hydrogen) atoms. The summed E-state index contributed by atoms with van der Waals surface area (Å²) in [7, 11) is 1.63. The van der Waals surface area contributed by atoms with Crippen LogP contribution in [0.1, 0.15) is 24.5 Å². The van der Waals surface area contributed by atoms with Crippen LogP contribution in [0.15, 0.2) is 72.3 Å². The molecule has 0 spiro atoms. The molecule has 4 aromatic rings. The number of hydrogen-bond acceptors (Lipinski definition) is 5. The lowest BCUT2D eigenvalue weighted by Crippen LogP contribution is -2.39. The fraction of sp³-hybridized carbons (Fsp3) is 0.250. The lowest BCUT2D eigenvalue weighted by molar-refractivity contribution is -0.0379. The van der Waals surface area contributed by atoms with Crippen molar-refractivity contribution < 1.29 is 13.9 Å². The molecule has 1 N–H and O–H groups in total. The summed E-state index contributed by atoms with van der Waals surface area (Å²) >= 11 is 0. The third-order valence-electron chi connectivity index (χ3n) is 5.84. The van der Waals surface area contributed by atoms with Crippen molar-refractivity contribution in [2.45, 2.75) is 25.5 Å². The minimum absolute atomic E-state index is 0.00421. The minimum atomic E-state index is -1.65. The van der Waals surface area contributed by atoms with Crippen LogP contribution in [0.4, 0.5) is 8.78 Å². The average molecular weight is 466 g/mol. The number of rotatable bonds is 8. The molecule has 0 unspecified atom stereocenters. The molecule has 2 atom stereocenters. The van der Waals surface area contributed by atoms with Gasteiger partial charge in [0.05, 0.1) is 12.2 Å². The maximum atomic E-state index is 14.6. The van der Waals surface area contributed by atoms with Gasteiger partial charge in [-0.05, 0) is 36.1 Å². The minimum Gasteiger partial charge on any atom is -0.383 e. The van der Waals surface area contributed by atoms with Gasteiger partial charge in [-0.15, -0.1) is 0 Å². The highest BCUT2D eigenvalue weighted by Gasteiger charge is 2.38. The van der Waals surface area contributed by atoms with E-state index in [9.17, 15) is 18.7 Å². The zero-order valence-electron chi connectivity index (χ0n) is 18.7. The van der Waals surface area contributed by atoms with Crippen molar-refractivity contribution in [1.82, 2.24) is 29.1 Å². The van der Waals surface area contributed by atoms with Gasteiger partial charge in [0, 0.05) is 18.7 Å². The number of aliphatic hydroxyl groups is 1. The smallest absolute Gasteiger partial charge is 0.350 e. The standard InChI is InChI=1S/C24H24F2N6O2/c1-17(4-3-5-18-6-9-20(10-7-18)32-23(33)30(2)16-29-32)24(34,13-31-15-27-14-28-31)21-11-8-19(25)12-22(21)26/h3,5-12,14-17,34H,4,13H2,1-2H3/b5-3+/t17-,24+/m0/s1. The molecule has 0 amide bonds. The predicted octanol–water partition coefficient (Wildman–Crippen LogP) is 3.07. The second-order valence-corrected chi connectivity index (χ2v) is 8.21. The summed E-state index contributed by atoms with van der Waals surface area (Å²) in [5.74, 6) is -1.98. The number of nitrogens with zero attached hydrogens (tertiary/aromatic N) is 6. The Kier molecular flexibility index (Phi) is 6.51. The molecule has 2 aromatic heterocycles. The maximum absolute atomic E-state index is 14.6. The van der Waals surface area contributed by atoms with Gasteiger partial charge in [-0.2, -0.15) is 14.9 Å². The lowest BCUT2D eigenvalue weighted by atomic mass is 9.80. The van der Waals surface area contributed by atoms with E-state index in [1.807, 2.05) is 24.3 Å². The van der Waals surface area contributed by atoms with E-state index in [0.29, 0.717) is 12.1 Å². The summed E-state index contributed by atoms with van der Waals surface area (Å²) in [6.45, 7) is 1.75. The molecule has 2 heterocycles. The van der Waals surface area contributed by atoms with Gasteiger partial charge in [0.25, 0.3) is 0 Å². The Labute approximate surface area is 194 Å². The van der Waals surface area contributed by atoms with Crippen LogP contribution in [0.3, 0.4) is 0 Å². The number of hydrogen-bond donors (Lipinski definition) is 1. The van der Waals surface area contributed by atoms with E-state index in [-0.39, 0.29) is 17.8 Å². The first kappa shape index (κ1) is 23.2. The summed E-state index contributed by atoms with van der Waals surface area (Å²) in [6.07, 6.45) is 8.36. The number of allylic oxidation sites excluding steroid dienone is 1. The SMILES string of the molecule is C[C@@H](C/C=C/c1ccc(-n2ncn(C)c2=O)cc1)[C@](O)(Cn1cncn1)c1ccc(F)cc1F. The number of aromatic nitrogens is 6. The summed E-state index contributed by atoms with van der Waals surface area (Å²) in [4.78, 5) is 15.9. The first-order valence-electron chi connectivity index (χ1n) is 10.7. The molecule has 0 aliphatic carbocycles. The topological polar surface area (TPSA) is 90.8 Å². The van der Waals surface area contributed by atoms with Crippen molar-refractivity contribution in [3.05, 3.63) is 101 Å².